The molecule has 0 radical (unpaired) electrons. The lowest BCUT2D eigenvalue weighted by molar-refractivity contribution is 0.183. The molecule has 0 aromatic heterocycles. The lowest BCUT2D eigenvalue weighted by atomic mass is 10.3. The lowest BCUT2D eigenvalue weighted by Crippen LogP contribution is -2.01. The first kappa shape index (κ1) is 11.9. The van der Waals surface area contributed by atoms with Gasteiger partial charge in [-0.1, -0.05) is 6.07 Å². The molecule has 0 atom stereocenters. The van der Waals surface area contributed by atoms with E-state index >= 15 is 0 Å². The first-order valence-electron chi connectivity index (χ1n) is 4.81. The van der Waals surface area contributed by atoms with E-state index in [1.807, 2.05) is 0 Å². The van der Waals surface area contributed by atoms with Gasteiger partial charge in [-0.3, -0.25) is 0 Å². The fourth-order valence-corrected chi connectivity index (χ4v) is 1.13. The van der Waals surface area contributed by atoms with Crippen LogP contribution in [0.3, 0.4) is 0 Å². The van der Waals surface area contributed by atoms with Gasteiger partial charge in [-0.05, 0) is 25.0 Å². The van der Waals surface area contributed by atoms with Crippen LogP contribution in [0.15, 0.2) is 18.2 Å². The van der Waals surface area contributed by atoms with Crippen molar-refractivity contribution in [3.05, 3.63) is 29.8 Å². The van der Waals surface area contributed by atoms with E-state index in [4.69, 9.17) is 9.47 Å². The standard InChI is InChI=1S/C11H14F2O2/c1-14-7-2-3-8-15-10-6-4-5-9(12)11(10)13/h4-6H,2-3,7-8H2,1H3. The van der Waals surface area contributed by atoms with E-state index in [-0.39, 0.29) is 5.75 Å². The van der Waals surface area contributed by atoms with E-state index in [2.05, 4.69) is 0 Å². The van der Waals surface area contributed by atoms with Crippen LogP contribution in [-0.2, 0) is 4.74 Å². The van der Waals surface area contributed by atoms with Crippen molar-refractivity contribution < 1.29 is 18.3 Å². The van der Waals surface area contributed by atoms with Crippen molar-refractivity contribution in [1.29, 1.82) is 0 Å². The van der Waals surface area contributed by atoms with Gasteiger partial charge >= 0.3 is 0 Å². The summed E-state index contributed by atoms with van der Waals surface area (Å²) >= 11 is 0. The molecular weight excluding hydrogens is 202 g/mol. The minimum absolute atomic E-state index is 0.0348. The van der Waals surface area contributed by atoms with Gasteiger partial charge < -0.3 is 9.47 Å². The number of ether oxygens (including phenoxy) is 2. The molecule has 84 valence electrons. The van der Waals surface area contributed by atoms with Crippen molar-refractivity contribution in [3.63, 3.8) is 0 Å². The molecule has 0 heterocycles. The maximum Gasteiger partial charge on any atom is 0.200 e. The maximum atomic E-state index is 13.1. The number of rotatable bonds is 6. The lowest BCUT2D eigenvalue weighted by Gasteiger charge is -2.06. The predicted octanol–water partition coefficient (Wildman–Crippen LogP) is 2.77. The van der Waals surface area contributed by atoms with Crippen LogP contribution in [0.5, 0.6) is 5.75 Å². The normalized spacial score (nSPS) is 10.3. The highest BCUT2D eigenvalue weighted by molar-refractivity contribution is 5.24. The van der Waals surface area contributed by atoms with E-state index in [1.165, 1.54) is 12.1 Å². The Morgan fingerprint density at radius 3 is 2.60 bits per heavy atom. The van der Waals surface area contributed by atoms with Crippen molar-refractivity contribution in [2.75, 3.05) is 20.3 Å². The second-order valence-corrected chi connectivity index (χ2v) is 3.10. The molecule has 1 aromatic carbocycles. The van der Waals surface area contributed by atoms with Gasteiger partial charge in [-0.25, -0.2) is 4.39 Å². The third-order valence-electron chi connectivity index (χ3n) is 1.92. The highest BCUT2D eigenvalue weighted by Gasteiger charge is 2.07. The van der Waals surface area contributed by atoms with E-state index in [9.17, 15) is 8.78 Å². The highest BCUT2D eigenvalue weighted by atomic mass is 19.2. The molecule has 0 amide bonds. The van der Waals surface area contributed by atoms with Crippen molar-refractivity contribution in [3.8, 4) is 5.75 Å². The summed E-state index contributed by atoms with van der Waals surface area (Å²) in [5.41, 5.74) is 0. The second kappa shape index (κ2) is 6.35. The Hall–Kier alpha value is -1.16. The summed E-state index contributed by atoms with van der Waals surface area (Å²) in [5.74, 6) is -1.85. The zero-order chi connectivity index (χ0) is 11.1. The average molecular weight is 216 g/mol. The first-order chi connectivity index (χ1) is 7.25. The second-order valence-electron chi connectivity index (χ2n) is 3.10. The van der Waals surface area contributed by atoms with Gasteiger partial charge in [0.05, 0.1) is 6.61 Å². The fraction of sp³-hybridized carbons (Fsp3) is 0.455. The van der Waals surface area contributed by atoms with Crippen LogP contribution in [0.1, 0.15) is 12.8 Å². The first-order valence-corrected chi connectivity index (χ1v) is 4.81. The number of methoxy groups -OCH3 is 1. The summed E-state index contributed by atoms with van der Waals surface area (Å²) in [7, 11) is 1.62. The van der Waals surface area contributed by atoms with Crippen LogP contribution in [0, 0.1) is 11.6 Å². The van der Waals surface area contributed by atoms with Crippen LogP contribution in [-0.4, -0.2) is 20.3 Å². The smallest absolute Gasteiger partial charge is 0.200 e. The monoisotopic (exact) mass is 216 g/mol. The molecule has 1 rings (SSSR count). The predicted molar refractivity (Wildman–Crippen MR) is 53.0 cm³/mol. The number of halogens is 2. The molecule has 0 fully saturated rings. The molecule has 0 spiro atoms. The Morgan fingerprint density at radius 1 is 1.13 bits per heavy atom. The molecule has 0 aliphatic rings. The molecule has 0 bridgehead atoms. The number of hydrogen-bond acceptors (Lipinski definition) is 2. The molecule has 4 heteroatoms. The Labute approximate surface area is 87.8 Å². The third-order valence-corrected chi connectivity index (χ3v) is 1.92. The molecule has 2 nitrogen and oxygen atoms in total. The van der Waals surface area contributed by atoms with Gasteiger partial charge in [-0.2, -0.15) is 4.39 Å². The van der Waals surface area contributed by atoms with Gasteiger partial charge in [0.15, 0.2) is 11.6 Å². The molecule has 0 saturated heterocycles. The number of benzene rings is 1. The van der Waals surface area contributed by atoms with Crippen LogP contribution in [0.2, 0.25) is 0 Å². The molecule has 0 aliphatic heterocycles. The van der Waals surface area contributed by atoms with Crippen molar-refractivity contribution in [1.82, 2.24) is 0 Å². The van der Waals surface area contributed by atoms with Crippen molar-refractivity contribution in [2.24, 2.45) is 0 Å². The minimum Gasteiger partial charge on any atom is -0.490 e. The number of hydrogen-bond donors (Lipinski definition) is 0. The summed E-state index contributed by atoms with van der Waals surface area (Å²) < 4.78 is 35.7. The molecule has 0 saturated carbocycles. The van der Waals surface area contributed by atoms with E-state index in [1.54, 1.807) is 7.11 Å². The Kier molecular flexibility index (Phi) is 5.04. The summed E-state index contributed by atoms with van der Waals surface area (Å²) in [5, 5.41) is 0. The average Bonchev–Trinajstić information content (AvgIpc) is 2.24. The van der Waals surface area contributed by atoms with Gasteiger partial charge in [0.25, 0.3) is 0 Å². The van der Waals surface area contributed by atoms with Gasteiger partial charge in [0.2, 0.25) is 5.82 Å². The summed E-state index contributed by atoms with van der Waals surface area (Å²) in [6.45, 7) is 1.01. The van der Waals surface area contributed by atoms with Crippen LogP contribution in [0.25, 0.3) is 0 Å². The maximum absolute atomic E-state index is 13.1. The SMILES string of the molecule is COCCCCOc1cccc(F)c1F. The third kappa shape index (κ3) is 3.83. The Bertz CT molecular complexity index is 303. The molecule has 0 aliphatic carbocycles. The van der Waals surface area contributed by atoms with Gasteiger partial charge in [0.1, 0.15) is 0 Å². The summed E-state index contributed by atoms with van der Waals surface area (Å²) in [6.07, 6.45) is 1.59. The molecule has 0 N–H and O–H groups in total. The van der Waals surface area contributed by atoms with Gasteiger partial charge in [0, 0.05) is 13.7 Å². The van der Waals surface area contributed by atoms with Crippen LogP contribution < -0.4 is 4.74 Å². The van der Waals surface area contributed by atoms with E-state index < -0.39 is 11.6 Å². The molecule has 15 heavy (non-hydrogen) atoms. The van der Waals surface area contributed by atoms with Crippen molar-refractivity contribution in [2.45, 2.75) is 12.8 Å². The van der Waals surface area contributed by atoms with E-state index in [0.29, 0.717) is 13.2 Å². The molecule has 0 unspecified atom stereocenters. The fourth-order valence-electron chi connectivity index (χ4n) is 1.13. The Morgan fingerprint density at radius 2 is 1.87 bits per heavy atom. The van der Waals surface area contributed by atoms with E-state index in [0.717, 1.165) is 18.9 Å². The molecule has 1 aromatic rings. The highest BCUT2D eigenvalue weighted by Crippen LogP contribution is 2.19. The minimum atomic E-state index is -0.927. The topological polar surface area (TPSA) is 18.5 Å². The zero-order valence-electron chi connectivity index (χ0n) is 8.63. The van der Waals surface area contributed by atoms with Crippen LogP contribution >= 0.6 is 0 Å². The van der Waals surface area contributed by atoms with Crippen LogP contribution in [0.4, 0.5) is 8.78 Å². The molecular formula is C11H14F2O2. The quantitative estimate of drug-likeness (QED) is 0.681. The van der Waals surface area contributed by atoms with Crippen molar-refractivity contribution >= 4 is 0 Å². The number of unbranched alkanes of at least 4 members (excludes halogenated alkanes) is 1. The summed E-state index contributed by atoms with van der Waals surface area (Å²) in [6, 6.07) is 3.89. The Balaban J connectivity index is 2.34. The zero-order valence-corrected chi connectivity index (χ0v) is 8.63. The largest absolute Gasteiger partial charge is 0.490 e. The van der Waals surface area contributed by atoms with Gasteiger partial charge in [-0.15, -0.1) is 0 Å². The summed E-state index contributed by atoms with van der Waals surface area (Å²) in [4.78, 5) is 0.